The number of hydrogen-bond donors (Lipinski definition) is 0. The van der Waals surface area contributed by atoms with Crippen LogP contribution in [0.1, 0.15) is 16.1 Å². The summed E-state index contributed by atoms with van der Waals surface area (Å²) in [4.78, 5) is 11.3. The summed E-state index contributed by atoms with van der Waals surface area (Å²) in [5.74, 6) is 1.01. The zero-order chi connectivity index (χ0) is 12.4. The number of rotatable bonds is 3. The Labute approximate surface area is 103 Å². The van der Waals surface area contributed by atoms with Gasteiger partial charge < -0.3 is 9.26 Å². The Morgan fingerprint density at radius 3 is 2.76 bits per heavy atom. The first-order valence-corrected chi connectivity index (χ1v) is 5.32. The van der Waals surface area contributed by atoms with E-state index in [9.17, 15) is 4.79 Å². The third-order valence-electron chi connectivity index (χ3n) is 2.42. The standard InChI is InChI=1S/C12H10ClNO3/c1-7-10(12(13)15)11(14-17-7)8-5-3-4-6-9(8)16-2/h3-6H,1-2H3. The van der Waals surface area contributed by atoms with E-state index < -0.39 is 5.24 Å². The molecule has 0 saturated carbocycles. The highest BCUT2D eigenvalue weighted by Gasteiger charge is 2.21. The molecule has 1 aromatic heterocycles. The van der Waals surface area contributed by atoms with Crippen LogP contribution >= 0.6 is 11.6 Å². The van der Waals surface area contributed by atoms with Crippen molar-refractivity contribution in [2.75, 3.05) is 7.11 Å². The van der Waals surface area contributed by atoms with E-state index in [1.165, 1.54) is 0 Å². The fourth-order valence-electron chi connectivity index (χ4n) is 1.63. The predicted molar refractivity (Wildman–Crippen MR) is 63.4 cm³/mol. The molecular weight excluding hydrogens is 242 g/mol. The summed E-state index contributed by atoms with van der Waals surface area (Å²) in [7, 11) is 1.55. The fraction of sp³-hybridized carbons (Fsp3) is 0.167. The van der Waals surface area contributed by atoms with E-state index in [0.29, 0.717) is 22.8 Å². The maximum atomic E-state index is 11.3. The van der Waals surface area contributed by atoms with Crippen molar-refractivity contribution < 1.29 is 14.1 Å². The van der Waals surface area contributed by atoms with Gasteiger partial charge in [-0.2, -0.15) is 0 Å². The molecule has 1 aromatic carbocycles. The molecule has 0 unspecified atom stereocenters. The van der Waals surface area contributed by atoms with Gasteiger partial charge in [-0.1, -0.05) is 17.3 Å². The average Bonchev–Trinajstić information content (AvgIpc) is 2.71. The summed E-state index contributed by atoms with van der Waals surface area (Å²) >= 11 is 5.52. The first kappa shape index (κ1) is 11.7. The average molecular weight is 252 g/mol. The summed E-state index contributed by atoms with van der Waals surface area (Å²) in [5.41, 5.74) is 1.35. The maximum Gasteiger partial charge on any atom is 0.258 e. The minimum atomic E-state index is -0.593. The molecule has 0 atom stereocenters. The molecule has 0 spiro atoms. The Morgan fingerprint density at radius 1 is 1.41 bits per heavy atom. The van der Waals surface area contributed by atoms with Crippen LogP contribution in [-0.4, -0.2) is 17.5 Å². The number of aromatic nitrogens is 1. The van der Waals surface area contributed by atoms with Crippen LogP contribution in [0.5, 0.6) is 5.75 Å². The van der Waals surface area contributed by atoms with Crippen molar-refractivity contribution in [3.8, 4) is 17.0 Å². The minimum absolute atomic E-state index is 0.274. The van der Waals surface area contributed by atoms with Crippen molar-refractivity contribution in [3.05, 3.63) is 35.6 Å². The third kappa shape index (κ3) is 2.03. The molecule has 2 rings (SSSR count). The number of methoxy groups -OCH3 is 1. The van der Waals surface area contributed by atoms with E-state index in [2.05, 4.69) is 5.16 Å². The molecule has 0 N–H and O–H groups in total. The second-order valence-electron chi connectivity index (χ2n) is 3.44. The molecule has 2 aromatic rings. The Bertz CT molecular complexity index is 563. The monoisotopic (exact) mass is 251 g/mol. The number of aryl methyl sites for hydroxylation is 1. The number of halogens is 1. The molecule has 0 aliphatic carbocycles. The lowest BCUT2D eigenvalue weighted by atomic mass is 10.1. The van der Waals surface area contributed by atoms with E-state index in [0.717, 1.165) is 0 Å². The minimum Gasteiger partial charge on any atom is -0.496 e. The lowest BCUT2D eigenvalue weighted by molar-refractivity contribution is 0.108. The summed E-state index contributed by atoms with van der Waals surface area (Å²) in [6.07, 6.45) is 0. The van der Waals surface area contributed by atoms with Crippen LogP contribution in [-0.2, 0) is 0 Å². The zero-order valence-electron chi connectivity index (χ0n) is 9.36. The number of carbonyl (C=O) groups excluding carboxylic acids is 1. The van der Waals surface area contributed by atoms with E-state index in [-0.39, 0.29) is 5.56 Å². The van der Waals surface area contributed by atoms with Gasteiger partial charge in [-0.3, -0.25) is 4.79 Å². The highest BCUT2D eigenvalue weighted by molar-refractivity contribution is 6.68. The third-order valence-corrected chi connectivity index (χ3v) is 2.61. The molecule has 0 saturated heterocycles. The lowest BCUT2D eigenvalue weighted by Gasteiger charge is -2.05. The van der Waals surface area contributed by atoms with Crippen LogP contribution in [0.4, 0.5) is 0 Å². The van der Waals surface area contributed by atoms with E-state index in [1.54, 1.807) is 26.2 Å². The van der Waals surface area contributed by atoms with Crippen molar-refractivity contribution in [3.63, 3.8) is 0 Å². The number of carbonyl (C=O) groups is 1. The first-order chi connectivity index (χ1) is 8.15. The SMILES string of the molecule is COc1ccccc1-c1noc(C)c1C(=O)Cl. The van der Waals surface area contributed by atoms with Crippen LogP contribution in [0, 0.1) is 6.92 Å². The maximum absolute atomic E-state index is 11.3. The van der Waals surface area contributed by atoms with Gasteiger partial charge in [0, 0.05) is 5.56 Å². The fourth-order valence-corrected chi connectivity index (χ4v) is 1.85. The Hall–Kier alpha value is -1.81. The zero-order valence-corrected chi connectivity index (χ0v) is 10.1. The van der Waals surface area contributed by atoms with Crippen LogP contribution in [0.3, 0.4) is 0 Å². The lowest BCUT2D eigenvalue weighted by Crippen LogP contribution is -1.95. The highest BCUT2D eigenvalue weighted by atomic mass is 35.5. The van der Waals surface area contributed by atoms with Gasteiger partial charge in [0.05, 0.1) is 7.11 Å². The van der Waals surface area contributed by atoms with Crippen LogP contribution in [0.25, 0.3) is 11.3 Å². The molecule has 0 amide bonds. The number of ether oxygens (including phenoxy) is 1. The van der Waals surface area contributed by atoms with E-state index in [4.69, 9.17) is 20.9 Å². The van der Waals surface area contributed by atoms with Crippen molar-refractivity contribution in [2.45, 2.75) is 6.92 Å². The Balaban J connectivity index is 2.65. The predicted octanol–water partition coefficient (Wildman–Crippen LogP) is 3.04. The van der Waals surface area contributed by atoms with Gasteiger partial charge in [-0.25, -0.2) is 0 Å². The van der Waals surface area contributed by atoms with E-state index in [1.807, 2.05) is 12.1 Å². The van der Waals surface area contributed by atoms with Gasteiger partial charge in [0.25, 0.3) is 5.24 Å². The normalized spacial score (nSPS) is 10.3. The highest BCUT2D eigenvalue weighted by Crippen LogP contribution is 2.33. The molecule has 0 bridgehead atoms. The molecule has 17 heavy (non-hydrogen) atoms. The van der Waals surface area contributed by atoms with Gasteiger partial charge in [0.15, 0.2) is 0 Å². The number of hydrogen-bond acceptors (Lipinski definition) is 4. The molecule has 88 valence electrons. The second kappa shape index (κ2) is 4.59. The molecule has 0 aliphatic heterocycles. The summed E-state index contributed by atoms with van der Waals surface area (Å²) < 4.78 is 10.2. The molecule has 4 nitrogen and oxygen atoms in total. The van der Waals surface area contributed by atoms with Crippen molar-refractivity contribution in [2.24, 2.45) is 0 Å². The van der Waals surface area contributed by atoms with Gasteiger partial charge in [0.2, 0.25) is 0 Å². The molecule has 1 heterocycles. The van der Waals surface area contributed by atoms with Crippen molar-refractivity contribution in [1.29, 1.82) is 0 Å². The number of nitrogens with zero attached hydrogens (tertiary/aromatic N) is 1. The largest absolute Gasteiger partial charge is 0.496 e. The summed E-state index contributed by atoms with van der Waals surface area (Å²) in [6, 6.07) is 7.23. The quantitative estimate of drug-likeness (QED) is 0.787. The van der Waals surface area contributed by atoms with Crippen LogP contribution in [0.2, 0.25) is 0 Å². The van der Waals surface area contributed by atoms with E-state index >= 15 is 0 Å². The molecule has 0 fully saturated rings. The van der Waals surface area contributed by atoms with Gasteiger partial charge in [-0.15, -0.1) is 0 Å². The first-order valence-electron chi connectivity index (χ1n) is 4.94. The van der Waals surface area contributed by atoms with Crippen molar-refractivity contribution >= 4 is 16.8 Å². The molecule has 0 aliphatic rings. The number of para-hydroxylation sites is 1. The Morgan fingerprint density at radius 2 is 2.12 bits per heavy atom. The number of benzene rings is 1. The second-order valence-corrected chi connectivity index (χ2v) is 3.78. The molecule has 5 heteroatoms. The topological polar surface area (TPSA) is 52.3 Å². The van der Waals surface area contributed by atoms with Gasteiger partial charge >= 0.3 is 0 Å². The Kier molecular flexibility index (Phi) is 3.15. The summed E-state index contributed by atoms with van der Waals surface area (Å²) in [5, 5.41) is 3.26. The van der Waals surface area contributed by atoms with Gasteiger partial charge in [-0.05, 0) is 30.7 Å². The van der Waals surface area contributed by atoms with Crippen LogP contribution in [0.15, 0.2) is 28.8 Å². The molecule has 0 radical (unpaired) electrons. The molecular formula is C12H10ClNO3. The summed E-state index contributed by atoms with van der Waals surface area (Å²) in [6.45, 7) is 1.64. The van der Waals surface area contributed by atoms with Crippen LogP contribution < -0.4 is 4.74 Å². The smallest absolute Gasteiger partial charge is 0.258 e. The van der Waals surface area contributed by atoms with Crippen molar-refractivity contribution in [1.82, 2.24) is 5.16 Å². The van der Waals surface area contributed by atoms with Gasteiger partial charge in [0.1, 0.15) is 22.8 Å².